The zero-order valence-electron chi connectivity index (χ0n) is 21.5. The van der Waals surface area contributed by atoms with Crippen molar-refractivity contribution in [1.82, 2.24) is 14.5 Å². The number of aryl methyl sites for hydroxylation is 2. The molecule has 0 saturated carbocycles. The molecule has 1 saturated heterocycles. The van der Waals surface area contributed by atoms with Gasteiger partial charge in [0.05, 0.1) is 23.5 Å². The number of aromatic nitrogens is 2. The van der Waals surface area contributed by atoms with Crippen LogP contribution in [0.3, 0.4) is 0 Å². The normalized spacial score (nSPS) is 17.5. The molecule has 37 heavy (non-hydrogen) atoms. The van der Waals surface area contributed by atoms with E-state index in [9.17, 15) is 14.7 Å². The molecule has 0 aliphatic carbocycles. The molecule has 196 valence electrons. The minimum Gasteiger partial charge on any atom is -0.477 e. The van der Waals surface area contributed by atoms with Crippen molar-refractivity contribution >= 4 is 22.6 Å². The van der Waals surface area contributed by atoms with Crippen molar-refractivity contribution in [3.8, 4) is 5.75 Å². The molecule has 1 N–H and O–H groups in total. The van der Waals surface area contributed by atoms with E-state index in [0.717, 1.165) is 22.6 Å². The average molecular weight is 511 g/mol. The van der Waals surface area contributed by atoms with Gasteiger partial charge in [0.1, 0.15) is 17.1 Å². The van der Waals surface area contributed by atoms with Gasteiger partial charge in [0, 0.05) is 76.5 Å². The Kier molecular flexibility index (Phi) is 6.41. The molecular formula is C27H31FN4O5. The number of rotatable bonds is 5. The number of carboxylic acid groups (broad SMARTS) is 1. The highest BCUT2D eigenvalue weighted by Crippen LogP contribution is 2.35. The van der Waals surface area contributed by atoms with Gasteiger partial charge < -0.3 is 24.0 Å². The first-order valence-electron chi connectivity index (χ1n) is 12.5. The van der Waals surface area contributed by atoms with Crippen LogP contribution in [0.25, 0.3) is 10.9 Å². The Bertz CT molecular complexity index is 1440. The Morgan fingerprint density at radius 1 is 1.22 bits per heavy atom. The molecule has 9 nitrogen and oxygen atoms in total. The summed E-state index contributed by atoms with van der Waals surface area (Å²) in [4.78, 5) is 32.9. The van der Waals surface area contributed by atoms with Crippen LogP contribution in [-0.2, 0) is 24.4 Å². The van der Waals surface area contributed by atoms with Gasteiger partial charge >= 0.3 is 5.97 Å². The first-order chi connectivity index (χ1) is 17.6. The molecule has 3 aromatic rings. The highest BCUT2D eigenvalue weighted by Gasteiger charge is 2.31. The number of hydrogen-bond acceptors (Lipinski definition) is 7. The lowest BCUT2D eigenvalue weighted by Crippen LogP contribution is -2.46. The third kappa shape index (κ3) is 4.67. The monoisotopic (exact) mass is 510 g/mol. The van der Waals surface area contributed by atoms with Crippen LogP contribution in [0.4, 0.5) is 10.1 Å². The molecule has 0 atom stereocenters. The molecule has 10 heteroatoms. The first-order valence-corrected chi connectivity index (χ1v) is 12.5. The second kappa shape index (κ2) is 9.42. The number of hydrogen-bond donors (Lipinski definition) is 1. The van der Waals surface area contributed by atoms with Gasteiger partial charge in [0.2, 0.25) is 11.2 Å². The number of benzene rings is 1. The summed E-state index contributed by atoms with van der Waals surface area (Å²) in [5, 5.41) is 9.44. The SMILES string of the molecule is CCn1cc(C(=O)O)c(=O)c2cc(F)c(N3CCN(Cc4cnc(C)c5c4COC(C)(C)O5)CC3)cc21. The number of aromatic carboxylic acids is 1. The molecule has 0 radical (unpaired) electrons. The van der Waals surface area contributed by atoms with Crippen LogP contribution in [-0.4, -0.2) is 57.5 Å². The first kappa shape index (κ1) is 25.2. The van der Waals surface area contributed by atoms with E-state index in [-0.39, 0.29) is 10.9 Å². The smallest absolute Gasteiger partial charge is 0.341 e. The van der Waals surface area contributed by atoms with Gasteiger partial charge in [-0.1, -0.05) is 0 Å². The number of anilines is 1. The maximum Gasteiger partial charge on any atom is 0.341 e. The summed E-state index contributed by atoms with van der Waals surface area (Å²) in [6.45, 7) is 11.8. The zero-order chi connectivity index (χ0) is 26.5. The second-order valence-electron chi connectivity index (χ2n) is 10.0. The Labute approximate surface area is 214 Å². The predicted molar refractivity (Wildman–Crippen MR) is 137 cm³/mol. The maximum absolute atomic E-state index is 15.2. The lowest BCUT2D eigenvalue weighted by Gasteiger charge is -2.38. The molecule has 0 unspecified atom stereocenters. The summed E-state index contributed by atoms with van der Waals surface area (Å²) in [6, 6.07) is 2.83. The summed E-state index contributed by atoms with van der Waals surface area (Å²) < 4.78 is 28.8. The summed E-state index contributed by atoms with van der Waals surface area (Å²) in [7, 11) is 0. The summed E-state index contributed by atoms with van der Waals surface area (Å²) >= 11 is 0. The third-order valence-corrected chi connectivity index (χ3v) is 7.14. The van der Waals surface area contributed by atoms with Gasteiger partial charge in [0.25, 0.3) is 0 Å². The Hall–Kier alpha value is -3.50. The summed E-state index contributed by atoms with van der Waals surface area (Å²) in [5.41, 5.74) is 2.83. The Morgan fingerprint density at radius 2 is 1.95 bits per heavy atom. The number of ether oxygens (including phenoxy) is 2. The van der Waals surface area contributed by atoms with Crippen LogP contribution in [0.5, 0.6) is 5.75 Å². The average Bonchev–Trinajstić information content (AvgIpc) is 2.86. The van der Waals surface area contributed by atoms with Crippen LogP contribution in [0.2, 0.25) is 0 Å². The van der Waals surface area contributed by atoms with Crippen LogP contribution in [0, 0.1) is 12.7 Å². The Morgan fingerprint density at radius 3 is 2.62 bits per heavy atom. The van der Waals surface area contributed by atoms with Gasteiger partial charge in [-0.3, -0.25) is 14.7 Å². The van der Waals surface area contributed by atoms with E-state index in [1.165, 1.54) is 12.3 Å². The molecule has 1 aromatic carbocycles. The molecule has 2 aromatic heterocycles. The topological polar surface area (TPSA) is 97.1 Å². The predicted octanol–water partition coefficient (Wildman–Crippen LogP) is 3.53. The minimum atomic E-state index is -1.32. The number of pyridine rings is 2. The largest absolute Gasteiger partial charge is 0.477 e. The number of carbonyl (C=O) groups is 1. The van der Waals surface area contributed by atoms with Crippen LogP contribution >= 0.6 is 0 Å². The molecule has 1 fully saturated rings. The highest BCUT2D eigenvalue weighted by atomic mass is 19.1. The van der Waals surface area contributed by atoms with E-state index in [2.05, 4.69) is 9.88 Å². The number of fused-ring (bicyclic) bond motifs is 2. The van der Waals surface area contributed by atoms with Gasteiger partial charge in [0.15, 0.2) is 0 Å². The fraction of sp³-hybridized carbons (Fsp3) is 0.444. The van der Waals surface area contributed by atoms with Gasteiger partial charge in [-0.2, -0.15) is 0 Å². The fourth-order valence-electron chi connectivity index (χ4n) is 5.07. The summed E-state index contributed by atoms with van der Waals surface area (Å²) in [5.74, 6) is -1.75. The molecular weight excluding hydrogens is 479 g/mol. The maximum atomic E-state index is 15.2. The highest BCUT2D eigenvalue weighted by molar-refractivity contribution is 5.93. The van der Waals surface area contributed by atoms with E-state index < -0.39 is 23.0 Å². The van der Waals surface area contributed by atoms with Crippen molar-refractivity contribution in [3.05, 3.63) is 63.0 Å². The second-order valence-corrected chi connectivity index (χ2v) is 10.0. The Balaban J connectivity index is 1.36. The van der Waals surface area contributed by atoms with E-state index in [1.807, 2.05) is 38.8 Å². The molecule has 2 aliphatic rings. The fourth-order valence-corrected chi connectivity index (χ4v) is 5.07. The minimum absolute atomic E-state index is 0.0749. The van der Waals surface area contributed by atoms with Crippen molar-refractivity contribution in [3.63, 3.8) is 0 Å². The molecule has 0 bridgehead atoms. The van der Waals surface area contributed by atoms with Crippen molar-refractivity contribution in [2.75, 3.05) is 31.1 Å². The summed E-state index contributed by atoms with van der Waals surface area (Å²) in [6.07, 6.45) is 3.21. The van der Waals surface area contributed by atoms with Crippen molar-refractivity contribution in [2.45, 2.75) is 53.2 Å². The van der Waals surface area contributed by atoms with E-state index >= 15 is 4.39 Å². The molecule has 4 heterocycles. The third-order valence-electron chi connectivity index (χ3n) is 7.14. The van der Waals surface area contributed by atoms with Crippen molar-refractivity contribution in [2.24, 2.45) is 0 Å². The number of piperazine rings is 1. The van der Waals surface area contributed by atoms with E-state index in [1.54, 1.807) is 10.6 Å². The number of nitrogens with zero attached hydrogens (tertiary/aromatic N) is 4. The standard InChI is InChI=1S/C27H31FN4O5/c1-5-31-14-19(26(34)35)24(33)18-10-21(28)23(11-22(18)31)32-8-6-30(7-9-32)13-17-12-29-16(2)25-20(17)15-36-27(3,4)37-25/h10-12,14H,5-9,13,15H2,1-4H3,(H,34,35). The van der Waals surface area contributed by atoms with Gasteiger partial charge in [-0.25, -0.2) is 9.18 Å². The molecule has 2 aliphatic heterocycles. The number of carboxylic acids is 1. The quantitative estimate of drug-likeness (QED) is 0.557. The van der Waals surface area contributed by atoms with E-state index in [0.29, 0.717) is 57.1 Å². The molecule has 0 spiro atoms. The van der Waals surface area contributed by atoms with Crippen molar-refractivity contribution in [1.29, 1.82) is 0 Å². The van der Waals surface area contributed by atoms with Gasteiger partial charge in [-0.05, 0) is 31.5 Å². The van der Waals surface area contributed by atoms with Gasteiger partial charge in [-0.15, -0.1) is 0 Å². The molecule has 0 amide bonds. The number of halogens is 1. The van der Waals surface area contributed by atoms with E-state index in [4.69, 9.17) is 9.47 Å². The van der Waals surface area contributed by atoms with Crippen molar-refractivity contribution < 1.29 is 23.8 Å². The lowest BCUT2D eigenvalue weighted by molar-refractivity contribution is -0.180. The van der Waals surface area contributed by atoms with Crippen LogP contribution < -0.4 is 15.1 Å². The zero-order valence-corrected chi connectivity index (χ0v) is 21.5. The van der Waals surface area contributed by atoms with Crippen LogP contribution in [0.1, 0.15) is 48.0 Å². The lowest BCUT2D eigenvalue weighted by atomic mass is 10.1. The van der Waals surface area contributed by atoms with Crippen LogP contribution in [0.15, 0.2) is 29.3 Å². The molecule has 5 rings (SSSR count).